The maximum absolute atomic E-state index is 13.4. The number of amides is 1. The van der Waals surface area contributed by atoms with Crippen LogP contribution in [0, 0.1) is 5.82 Å². The average Bonchev–Trinajstić information content (AvgIpc) is 2.54. The van der Waals surface area contributed by atoms with E-state index in [-0.39, 0.29) is 22.5 Å². The van der Waals surface area contributed by atoms with Crippen LogP contribution in [0.5, 0.6) is 0 Å². The van der Waals surface area contributed by atoms with Crippen LogP contribution in [-0.2, 0) is 4.79 Å². The first-order valence-corrected chi connectivity index (χ1v) is 8.72. The third-order valence-corrected chi connectivity index (χ3v) is 4.37. The van der Waals surface area contributed by atoms with E-state index < -0.39 is 5.82 Å². The van der Waals surface area contributed by atoms with Crippen LogP contribution in [0.1, 0.15) is 0 Å². The predicted molar refractivity (Wildman–Crippen MR) is 98.8 cm³/mol. The summed E-state index contributed by atoms with van der Waals surface area (Å²) < 4.78 is 14.4. The Morgan fingerprint density at radius 3 is 2.52 bits per heavy atom. The second-order valence-electron chi connectivity index (χ2n) is 4.35. The van der Waals surface area contributed by atoms with Crippen molar-refractivity contribution < 1.29 is 9.18 Å². The Hall–Kier alpha value is -1.64. The summed E-state index contributed by atoms with van der Waals surface area (Å²) in [5, 5.41) is 2.77. The Kier molecular flexibility index (Phi) is 6.82. The molecule has 4 nitrogen and oxygen atoms in total. The molecule has 2 rings (SSSR count). The van der Waals surface area contributed by atoms with Gasteiger partial charge in [0.25, 0.3) is 0 Å². The molecule has 0 unspecified atom stereocenters. The van der Waals surface area contributed by atoms with Gasteiger partial charge in [-0.1, -0.05) is 28.1 Å². The average molecular weight is 414 g/mol. The van der Waals surface area contributed by atoms with E-state index in [4.69, 9.17) is 12.2 Å². The molecule has 0 atom stereocenters. The molecule has 23 heavy (non-hydrogen) atoms. The fourth-order valence-corrected chi connectivity index (χ4v) is 2.68. The van der Waals surface area contributed by atoms with Crippen LogP contribution in [0.3, 0.4) is 0 Å². The van der Waals surface area contributed by atoms with Gasteiger partial charge in [-0.2, -0.15) is 0 Å². The van der Waals surface area contributed by atoms with Crippen molar-refractivity contribution in [3.05, 3.63) is 58.8 Å². The lowest BCUT2D eigenvalue weighted by atomic mass is 10.3. The molecule has 0 heterocycles. The topological polar surface area (TPSA) is 53.2 Å². The van der Waals surface area contributed by atoms with Gasteiger partial charge in [-0.05, 0) is 48.6 Å². The highest BCUT2D eigenvalue weighted by atomic mass is 79.9. The summed E-state index contributed by atoms with van der Waals surface area (Å²) in [6, 6.07) is 13.8. The summed E-state index contributed by atoms with van der Waals surface area (Å²) in [6.45, 7) is 0. The number of carbonyl (C=O) groups excluding carboxylic acids is 1. The van der Waals surface area contributed by atoms with Crippen LogP contribution in [0.4, 0.5) is 10.1 Å². The Morgan fingerprint density at radius 2 is 1.83 bits per heavy atom. The van der Waals surface area contributed by atoms with E-state index in [0.29, 0.717) is 0 Å². The largest absolute Gasteiger partial charge is 0.329 e. The number of anilines is 1. The second kappa shape index (κ2) is 8.85. The van der Waals surface area contributed by atoms with Crippen molar-refractivity contribution in [2.24, 2.45) is 0 Å². The van der Waals surface area contributed by atoms with E-state index in [1.807, 2.05) is 24.3 Å². The molecule has 0 saturated heterocycles. The number of hydrogen-bond acceptors (Lipinski definition) is 3. The fraction of sp³-hybridized carbons (Fsp3) is 0.0667. The van der Waals surface area contributed by atoms with Gasteiger partial charge in [-0.3, -0.25) is 15.6 Å². The van der Waals surface area contributed by atoms with Gasteiger partial charge in [-0.15, -0.1) is 11.8 Å². The molecular formula is C15H13BrFN3OS2. The molecule has 2 aromatic carbocycles. The first kappa shape index (κ1) is 17.7. The Balaban J connectivity index is 1.72. The van der Waals surface area contributed by atoms with Gasteiger partial charge >= 0.3 is 0 Å². The van der Waals surface area contributed by atoms with Crippen molar-refractivity contribution in [1.29, 1.82) is 0 Å². The maximum Gasteiger partial charge on any atom is 0.248 e. The molecule has 0 aliphatic rings. The summed E-state index contributed by atoms with van der Waals surface area (Å²) in [7, 11) is 0. The quantitative estimate of drug-likeness (QED) is 0.405. The van der Waals surface area contributed by atoms with Crippen LogP contribution >= 0.6 is 39.9 Å². The third-order valence-electron chi connectivity index (χ3n) is 2.62. The minimum atomic E-state index is -0.422. The van der Waals surface area contributed by atoms with E-state index in [0.717, 1.165) is 9.37 Å². The lowest BCUT2D eigenvalue weighted by molar-refractivity contribution is -0.119. The zero-order valence-electron chi connectivity index (χ0n) is 11.8. The zero-order chi connectivity index (χ0) is 16.7. The lowest BCUT2D eigenvalue weighted by Crippen LogP contribution is -2.44. The molecular weight excluding hydrogens is 401 g/mol. The molecule has 0 aliphatic carbocycles. The van der Waals surface area contributed by atoms with E-state index in [9.17, 15) is 9.18 Å². The highest BCUT2D eigenvalue weighted by molar-refractivity contribution is 9.10. The summed E-state index contributed by atoms with van der Waals surface area (Å²) in [4.78, 5) is 12.7. The van der Waals surface area contributed by atoms with Crippen molar-refractivity contribution in [1.82, 2.24) is 10.9 Å². The molecule has 0 bridgehead atoms. The second-order valence-corrected chi connectivity index (χ2v) is 6.72. The standard InChI is InChI=1S/C15H13BrFN3OS2/c16-10-5-7-11(8-6-10)23-9-14(21)19-20-15(22)18-13-4-2-1-3-12(13)17/h1-8H,9H2,(H,19,21)(H2,18,20,22). The lowest BCUT2D eigenvalue weighted by Gasteiger charge is -2.12. The number of halogens is 2. The van der Waals surface area contributed by atoms with Crippen LogP contribution in [0.15, 0.2) is 57.9 Å². The van der Waals surface area contributed by atoms with Crippen molar-refractivity contribution in [2.75, 3.05) is 11.1 Å². The smallest absolute Gasteiger partial charge is 0.248 e. The van der Waals surface area contributed by atoms with E-state index in [1.165, 1.54) is 17.8 Å². The molecule has 120 valence electrons. The fourth-order valence-electron chi connectivity index (χ4n) is 1.56. The Bertz CT molecular complexity index is 697. The summed E-state index contributed by atoms with van der Waals surface area (Å²) in [6.07, 6.45) is 0. The molecule has 0 fully saturated rings. The number of hydrazine groups is 1. The van der Waals surface area contributed by atoms with Gasteiger partial charge in [0.2, 0.25) is 5.91 Å². The number of carbonyl (C=O) groups is 1. The van der Waals surface area contributed by atoms with Crippen molar-refractivity contribution >= 4 is 56.6 Å². The molecule has 8 heteroatoms. The first-order valence-electron chi connectivity index (χ1n) is 6.53. The molecule has 0 saturated carbocycles. The molecule has 0 spiro atoms. The van der Waals surface area contributed by atoms with Gasteiger partial charge in [0, 0.05) is 9.37 Å². The highest BCUT2D eigenvalue weighted by Gasteiger charge is 2.05. The molecule has 2 aromatic rings. The van der Waals surface area contributed by atoms with E-state index in [1.54, 1.807) is 18.2 Å². The number of thioether (sulfide) groups is 1. The SMILES string of the molecule is O=C(CSc1ccc(Br)cc1)NNC(=S)Nc1ccccc1F. The predicted octanol–water partition coefficient (Wildman–Crippen LogP) is 3.70. The third kappa shape index (κ3) is 6.17. The monoisotopic (exact) mass is 413 g/mol. The Labute approximate surface area is 151 Å². The molecule has 0 aromatic heterocycles. The van der Waals surface area contributed by atoms with Crippen molar-refractivity contribution in [3.63, 3.8) is 0 Å². The summed E-state index contributed by atoms with van der Waals surface area (Å²) in [5.41, 5.74) is 5.23. The first-order chi connectivity index (χ1) is 11.0. The number of benzene rings is 2. The van der Waals surface area contributed by atoms with Crippen molar-refractivity contribution in [2.45, 2.75) is 4.90 Å². The summed E-state index contributed by atoms with van der Waals surface area (Å²) in [5.74, 6) is -0.430. The minimum Gasteiger partial charge on any atom is -0.329 e. The van der Waals surface area contributed by atoms with Gasteiger partial charge in [0.15, 0.2) is 5.11 Å². The number of para-hydroxylation sites is 1. The van der Waals surface area contributed by atoms with E-state index >= 15 is 0 Å². The number of hydrogen-bond donors (Lipinski definition) is 3. The van der Waals surface area contributed by atoms with Crippen molar-refractivity contribution in [3.8, 4) is 0 Å². The molecule has 0 aliphatic heterocycles. The minimum absolute atomic E-state index is 0.108. The molecule has 3 N–H and O–H groups in total. The van der Waals surface area contributed by atoms with Gasteiger partial charge in [0.1, 0.15) is 5.82 Å². The summed E-state index contributed by atoms with van der Waals surface area (Å²) >= 11 is 9.74. The van der Waals surface area contributed by atoms with Crippen LogP contribution in [0.25, 0.3) is 0 Å². The Morgan fingerprint density at radius 1 is 1.13 bits per heavy atom. The normalized spacial score (nSPS) is 10.0. The van der Waals surface area contributed by atoms with Crippen LogP contribution in [-0.4, -0.2) is 16.8 Å². The number of rotatable bonds is 4. The van der Waals surface area contributed by atoms with Crippen LogP contribution < -0.4 is 16.2 Å². The zero-order valence-corrected chi connectivity index (χ0v) is 15.0. The van der Waals surface area contributed by atoms with Crippen LogP contribution in [0.2, 0.25) is 0 Å². The number of thiocarbonyl (C=S) groups is 1. The molecule has 1 amide bonds. The molecule has 0 radical (unpaired) electrons. The van der Waals surface area contributed by atoms with Gasteiger partial charge in [0.05, 0.1) is 11.4 Å². The van der Waals surface area contributed by atoms with E-state index in [2.05, 4.69) is 32.1 Å². The maximum atomic E-state index is 13.4. The van der Waals surface area contributed by atoms with Gasteiger partial charge < -0.3 is 5.32 Å². The van der Waals surface area contributed by atoms with Gasteiger partial charge in [-0.25, -0.2) is 4.39 Å². The highest BCUT2D eigenvalue weighted by Crippen LogP contribution is 2.20. The number of nitrogens with one attached hydrogen (secondary N) is 3.